The van der Waals surface area contributed by atoms with Crippen LogP contribution in [0, 0.1) is 0 Å². The maximum absolute atomic E-state index is 10.4. The van der Waals surface area contributed by atoms with Crippen LogP contribution in [-0.2, 0) is 16.0 Å². The van der Waals surface area contributed by atoms with Gasteiger partial charge < -0.3 is 9.84 Å². The summed E-state index contributed by atoms with van der Waals surface area (Å²) in [6, 6.07) is 1.86. The van der Waals surface area contributed by atoms with E-state index in [0.29, 0.717) is 6.42 Å². The van der Waals surface area contributed by atoms with E-state index in [1.54, 1.807) is 4.68 Å². The lowest BCUT2D eigenvalue weighted by Gasteiger charge is -2.22. The van der Waals surface area contributed by atoms with E-state index in [0.717, 1.165) is 31.6 Å². The maximum Gasteiger partial charge on any atom is 0.303 e. The monoisotopic (exact) mass is 224 g/mol. The SMILES string of the molecule is O=C(O)CCc1ccn(C2CCCCO2)n1. The molecule has 1 aliphatic heterocycles. The van der Waals surface area contributed by atoms with Gasteiger partial charge in [-0.2, -0.15) is 5.10 Å². The first kappa shape index (κ1) is 11.1. The highest BCUT2D eigenvalue weighted by Gasteiger charge is 2.16. The highest BCUT2D eigenvalue weighted by atomic mass is 16.5. The molecule has 1 fully saturated rings. The van der Waals surface area contributed by atoms with Crippen molar-refractivity contribution in [3.8, 4) is 0 Å². The Morgan fingerprint density at radius 1 is 1.62 bits per heavy atom. The third-order valence-electron chi connectivity index (χ3n) is 2.71. The molecule has 1 saturated heterocycles. The van der Waals surface area contributed by atoms with E-state index < -0.39 is 5.97 Å². The summed E-state index contributed by atoms with van der Waals surface area (Å²) in [6.45, 7) is 0.787. The van der Waals surface area contributed by atoms with Gasteiger partial charge in [-0.3, -0.25) is 4.79 Å². The summed E-state index contributed by atoms with van der Waals surface area (Å²) in [4.78, 5) is 10.4. The zero-order valence-electron chi connectivity index (χ0n) is 9.13. The van der Waals surface area contributed by atoms with Crippen molar-refractivity contribution in [1.29, 1.82) is 0 Å². The molecule has 1 aliphatic rings. The first-order chi connectivity index (χ1) is 7.75. The van der Waals surface area contributed by atoms with Crippen molar-refractivity contribution in [1.82, 2.24) is 9.78 Å². The van der Waals surface area contributed by atoms with Gasteiger partial charge in [-0.25, -0.2) is 4.68 Å². The molecule has 0 saturated carbocycles. The minimum absolute atomic E-state index is 0.0346. The van der Waals surface area contributed by atoms with Gasteiger partial charge in [0.1, 0.15) is 6.23 Å². The Labute approximate surface area is 94.0 Å². The molecule has 0 aromatic carbocycles. The van der Waals surface area contributed by atoms with E-state index in [-0.39, 0.29) is 12.6 Å². The quantitative estimate of drug-likeness (QED) is 0.843. The number of ether oxygens (including phenoxy) is 1. The number of carboxylic acids is 1. The van der Waals surface area contributed by atoms with Crippen LogP contribution >= 0.6 is 0 Å². The molecule has 1 unspecified atom stereocenters. The Bertz CT molecular complexity index is 356. The number of nitrogens with zero attached hydrogens (tertiary/aromatic N) is 2. The van der Waals surface area contributed by atoms with Gasteiger partial charge >= 0.3 is 5.97 Å². The highest BCUT2D eigenvalue weighted by molar-refractivity contribution is 5.66. The molecule has 0 spiro atoms. The van der Waals surface area contributed by atoms with Crippen LogP contribution in [0.3, 0.4) is 0 Å². The van der Waals surface area contributed by atoms with Crippen LogP contribution in [0.25, 0.3) is 0 Å². The van der Waals surface area contributed by atoms with Gasteiger partial charge in [-0.15, -0.1) is 0 Å². The molecule has 2 rings (SSSR count). The molecule has 1 aromatic rings. The molecule has 2 heterocycles. The zero-order valence-corrected chi connectivity index (χ0v) is 9.13. The fourth-order valence-electron chi connectivity index (χ4n) is 1.84. The lowest BCUT2D eigenvalue weighted by atomic mass is 10.2. The molecule has 16 heavy (non-hydrogen) atoms. The van der Waals surface area contributed by atoms with Crippen LogP contribution in [-0.4, -0.2) is 27.5 Å². The molecule has 0 bridgehead atoms. The predicted molar refractivity (Wildman–Crippen MR) is 57.0 cm³/mol. The summed E-state index contributed by atoms with van der Waals surface area (Å²) >= 11 is 0. The fourth-order valence-corrected chi connectivity index (χ4v) is 1.84. The van der Waals surface area contributed by atoms with Gasteiger partial charge in [0.15, 0.2) is 0 Å². The molecule has 5 heteroatoms. The number of aliphatic carboxylic acids is 1. The first-order valence-electron chi connectivity index (χ1n) is 5.63. The van der Waals surface area contributed by atoms with Crippen LogP contribution in [0.4, 0.5) is 0 Å². The van der Waals surface area contributed by atoms with E-state index in [1.807, 2.05) is 12.3 Å². The molecule has 1 N–H and O–H groups in total. The smallest absolute Gasteiger partial charge is 0.303 e. The second-order valence-electron chi connectivity index (χ2n) is 4.00. The summed E-state index contributed by atoms with van der Waals surface area (Å²) in [5.41, 5.74) is 0.816. The minimum atomic E-state index is -0.788. The van der Waals surface area contributed by atoms with E-state index in [9.17, 15) is 4.79 Å². The Morgan fingerprint density at radius 2 is 2.50 bits per heavy atom. The number of carboxylic acid groups (broad SMARTS) is 1. The standard InChI is InChI=1S/C11H16N2O3/c14-11(15)5-4-9-6-7-13(12-9)10-3-1-2-8-16-10/h6-7,10H,1-5,8H2,(H,14,15). The van der Waals surface area contributed by atoms with Crippen molar-refractivity contribution in [2.75, 3.05) is 6.61 Å². The lowest BCUT2D eigenvalue weighted by molar-refractivity contribution is -0.136. The summed E-state index contributed by atoms with van der Waals surface area (Å²) in [5.74, 6) is -0.788. The molecule has 0 aliphatic carbocycles. The topological polar surface area (TPSA) is 64.3 Å². The molecule has 0 amide bonds. The zero-order chi connectivity index (χ0) is 11.4. The van der Waals surface area contributed by atoms with E-state index in [4.69, 9.17) is 9.84 Å². The summed E-state index contributed by atoms with van der Waals surface area (Å²) in [7, 11) is 0. The molecule has 0 radical (unpaired) electrons. The second-order valence-corrected chi connectivity index (χ2v) is 4.00. The molecule has 1 atom stereocenters. The van der Waals surface area contributed by atoms with E-state index in [1.165, 1.54) is 0 Å². The number of aromatic nitrogens is 2. The second kappa shape index (κ2) is 5.12. The molecule has 88 valence electrons. The largest absolute Gasteiger partial charge is 0.481 e. The van der Waals surface area contributed by atoms with Gasteiger partial charge in [0, 0.05) is 19.2 Å². The van der Waals surface area contributed by atoms with Gasteiger partial charge in [0.2, 0.25) is 0 Å². The average molecular weight is 224 g/mol. The van der Waals surface area contributed by atoms with Crippen molar-refractivity contribution in [2.45, 2.75) is 38.3 Å². The van der Waals surface area contributed by atoms with Crippen LogP contribution in [0.2, 0.25) is 0 Å². The minimum Gasteiger partial charge on any atom is -0.481 e. The Balaban J connectivity index is 1.93. The fraction of sp³-hybridized carbons (Fsp3) is 0.636. The Morgan fingerprint density at radius 3 is 3.19 bits per heavy atom. The van der Waals surface area contributed by atoms with Crippen LogP contribution in [0.15, 0.2) is 12.3 Å². The van der Waals surface area contributed by atoms with Crippen molar-refractivity contribution in [2.24, 2.45) is 0 Å². The van der Waals surface area contributed by atoms with Gasteiger partial charge in [-0.05, 0) is 25.3 Å². The number of aryl methyl sites for hydroxylation is 1. The van der Waals surface area contributed by atoms with Crippen molar-refractivity contribution in [3.05, 3.63) is 18.0 Å². The van der Waals surface area contributed by atoms with Crippen LogP contribution in [0.5, 0.6) is 0 Å². The third-order valence-corrected chi connectivity index (χ3v) is 2.71. The van der Waals surface area contributed by atoms with E-state index >= 15 is 0 Å². The third kappa shape index (κ3) is 2.82. The van der Waals surface area contributed by atoms with Crippen LogP contribution in [0.1, 0.15) is 37.6 Å². The molecular weight excluding hydrogens is 208 g/mol. The number of hydrogen-bond acceptors (Lipinski definition) is 3. The number of rotatable bonds is 4. The number of carbonyl (C=O) groups is 1. The summed E-state index contributed by atoms with van der Waals surface area (Å²) in [6.07, 6.45) is 5.77. The first-order valence-corrected chi connectivity index (χ1v) is 5.63. The Hall–Kier alpha value is -1.36. The van der Waals surface area contributed by atoms with Crippen molar-refractivity contribution >= 4 is 5.97 Å². The van der Waals surface area contributed by atoms with E-state index in [2.05, 4.69) is 5.10 Å². The molecule has 1 aromatic heterocycles. The maximum atomic E-state index is 10.4. The molecular formula is C11H16N2O3. The molecule has 5 nitrogen and oxygen atoms in total. The van der Waals surface area contributed by atoms with Crippen molar-refractivity contribution in [3.63, 3.8) is 0 Å². The summed E-state index contributed by atoms with van der Waals surface area (Å²) in [5, 5.41) is 12.9. The summed E-state index contributed by atoms with van der Waals surface area (Å²) < 4.78 is 7.39. The van der Waals surface area contributed by atoms with Crippen LogP contribution < -0.4 is 0 Å². The van der Waals surface area contributed by atoms with Gasteiger partial charge in [0.05, 0.1) is 12.1 Å². The highest BCUT2D eigenvalue weighted by Crippen LogP contribution is 2.21. The van der Waals surface area contributed by atoms with Crippen molar-refractivity contribution < 1.29 is 14.6 Å². The average Bonchev–Trinajstić information content (AvgIpc) is 2.76. The van der Waals surface area contributed by atoms with Gasteiger partial charge in [0.25, 0.3) is 0 Å². The normalized spacial score (nSPS) is 20.9. The lowest BCUT2D eigenvalue weighted by Crippen LogP contribution is -2.18. The Kier molecular flexibility index (Phi) is 3.56. The predicted octanol–water partition coefficient (Wildman–Crippen LogP) is 1.60. The van der Waals surface area contributed by atoms with Gasteiger partial charge in [-0.1, -0.05) is 0 Å². The number of hydrogen-bond donors (Lipinski definition) is 1.